The fourth-order valence-electron chi connectivity index (χ4n) is 9.77. The molecule has 300 valence electrons. The second-order valence-corrected chi connectivity index (χ2v) is 16.3. The van der Waals surface area contributed by atoms with E-state index in [2.05, 4.69) is 121 Å². The lowest BCUT2D eigenvalue weighted by Crippen LogP contribution is -2.28. The van der Waals surface area contributed by atoms with Crippen molar-refractivity contribution in [1.29, 1.82) is 0 Å². The van der Waals surface area contributed by atoms with Gasteiger partial charge in [0.2, 0.25) is 0 Å². The zero-order chi connectivity index (χ0) is 42.2. The Kier molecular flexibility index (Phi) is 8.02. The van der Waals surface area contributed by atoms with Crippen LogP contribution in [0.15, 0.2) is 217 Å². The lowest BCUT2D eigenvalue weighted by molar-refractivity contribution is 0.359. The van der Waals surface area contributed by atoms with Gasteiger partial charge in [-0.15, -0.1) is 0 Å². The topological polar surface area (TPSA) is 70.3 Å². The lowest BCUT2D eigenvalue weighted by Gasteiger charge is -2.34. The second kappa shape index (κ2) is 14.2. The highest BCUT2D eigenvalue weighted by molar-refractivity contribution is 6.09. The Morgan fingerprint density at radius 1 is 0.328 bits per heavy atom. The largest absolute Gasteiger partial charge is 0.455 e. The number of hydrogen-bond acceptors (Lipinski definition) is 6. The quantitative estimate of drug-likeness (QED) is 0.166. The van der Waals surface area contributed by atoms with Crippen molar-refractivity contribution >= 4 is 21.9 Å². The Morgan fingerprint density at radius 3 is 1.55 bits per heavy atom. The van der Waals surface area contributed by atoms with Crippen LogP contribution in [0.5, 0.6) is 23.0 Å². The molecule has 9 aromatic carbocycles. The highest BCUT2D eigenvalue weighted by Crippen LogP contribution is 2.58. The van der Waals surface area contributed by atoms with Crippen LogP contribution in [0.1, 0.15) is 22.3 Å². The molecule has 0 saturated heterocycles. The molecule has 1 aliphatic heterocycles. The van der Waals surface area contributed by atoms with Gasteiger partial charge in [0.25, 0.3) is 0 Å². The van der Waals surface area contributed by atoms with Gasteiger partial charge in [-0.2, -0.15) is 0 Å². The fourth-order valence-corrected chi connectivity index (χ4v) is 9.77. The Balaban J connectivity index is 0.895. The van der Waals surface area contributed by atoms with E-state index in [4.69, 9.17) is 28.8 Å². The summed E-state index contributed by atoms with van der Waals surface area (Å²) >= 11 is 0. The molecule has 0 fully saturated rings. The van der Waals surface area contributed by atoms with Crippen molar-refractivity contribution in [1.82, 2.24) is 15.0 Å². The molecule has 6 heteroatoms. The van der Waals surface area contributed by atoms with Gasteiger partial charge in [0.15, 0.2) is 40.5 Å². The number of nitrogens with zero attached hydrogens (tertiary/aromatic N) is 3. The van der Waals surface area contributed by atoms with E-state index in [0.29, 0.717) is 40.5 Å². The number of hydrogen-bond donors (Lipinski definition) is 0. The molecule has 11 aromatic rings. The van der Waals surface area contributed by atoms with Crippen molar-refractivity contribution in [2.75, 3.05) is 0 Å². The van der Waals surface area contributed by atoms with E-state index >= 15 is 0 Å². The van der Waals surface area contributed by atoms with E-state index in [1.165, 1.54) is 22.3 Å². The average Bonchev–Trinajstić information content (AvgIpc) is 3.90. The van der Waals surface area contributed by atoms with Crippen molar-refractivity contribution in [3.63, 3.8) is 0 Å². The molecule has 0 atom stereocenters. The van der Waals surface area contributed by atoms with Gasteiger partial charge in [0.05, 0.1) is 11.0 Å². The molecular weight excluding hydrogens is 787 g/mol. The molecule has 0 unspecified atom stereocenters. The number of ether oxygens (including phenoxy) is 2. The van der Waals surface area contributed by atoms with Crippen molar-refractivity contribution < 1.29 is 13.9 Å². The summed E-state index contributed by atoms with van der Waals surface area (Å²) in [5.74, 6) is 4.55. The zero-order valence-corrected chi connectivity index (χ0v) is 34.3. The normalized spacial score (nSPS) is 13.1. The highest BCUT2D eigenvalue weighted by atomic mass is 16.6. The molecule has 0 N–H and O–H groups in total. The van der Waals surface area contributed by atoms with Gasteiger partial charge in [0, 0.05) is 21.9 Å². The summed E-state index contributed by atoms with van der Waals surface area (Å²) in [7, 11) is 0. The first-order valence-electron chi connectivity index (χ1n) is 21.4. The van der Waals surface area contributed by atoms with Crippen LogP contribution < -0.4 is 9.47 Å². The zero-order valence-electron chi connectivity index (χ0n) is 34.3. The van der Waals surface area contributed by atoms with E-state index in [0.717, 1.165) is 60.9 Å². The van der Waals surface area contributed by atoms with E-state index in [1.54, 1.807) is 0 Å². The molecule has 0 amide bonds. The summed E-state index contributed by atoms with van der Waals surface area (Å²) in [4.78, 5) is 15.1. The van der Waals surface area contributed by atoms with Crippen LogP contribution in [0, 0.1) is 0 Å². The van der Waals surface area contributed by atoms with Crippen LogP contribution in [-0.2, 0) is 5.41 Å². The third-order valence-corrected chi connectivity index (χ3v) is 12.7. The van der Waals surface area contributed by atoms with Crippen LogP contribution in [-0.4, -0.2) is 15.0 Å². The molecule has 64 heavy (non-hydrogen) atoms. The first-order valence-corrected chi connectivity index (χ1v) is 21.4. The van der Waals surface area contributed by atoms with Gasteiger partial charge >= 0.3 is 0 Å². The molecule has 0 bridgehead atoms. The fraction of sp³-hybridized carbons (Fsp3) is 0.0172. The average molecular weight is 822 g/mol. The van der Waals surface area contributed by atoms with E-state index in [1.807, 2.05) is 91.0 Å². The summed E-state index contributed by atoms with van der Waals surface area (Å²) < 4.78 is 19.2. The summed E-state index contributed by atoms with van der Waals surface area (Å²) in [6.07, 6.45) is 0. The monoisotopic (exact) mass is 821 g/mol. The Hall–Kier alpha value is -8.61. The minimum absolute atomic E-state index is 0.556. The summed E-state index contributed by atoms with van der Waals surface area (Å²) in [5.41, 5.74) is 12.9. The maximum atomic E-state index is 6.50. The SMILES string of the molecule is c1ccc(-c2nc(-c3ccc(-c4ccc(C5(c6ccc7c(c6)Oc6ccccc6O7)c6ccccc6-c6ccccc65)cc4)cc3)nc(-c3cccc4c3oc3ccccc34)n2)cc1. The molecule has 3 heterocycles. The third kappa shape index (κ3) is 5.56. The molecule has 0 radical (unpaired) electrons. The number of rotatable bonds is 6. The number of benzene rings is 9. The summed E-state index contributed by atoms with van der Waals surface area (Å²) in [5, 5.41) is 2.08. The van der Waals surface area contributed by atoms with Gasteiger partial charge in [-0.1, -0.05) is 176 Å². The standard InChI is InChI=1S/C58H35N3O3/c1-2-13-38(14-3-1)55-59-56(61-57(60-55)46-19-12-18-45-44-17-6-9-22-49(44)64-54(45)46)39-27-25-36(26-28-39)37-29-31-40(32-30-37)58(47-20-7-4-15-42(47)43-16-5-8-21-48(43)58)41-33-34-52-53(35-41)63-51-24-11-10-23-50(51)62-52/h1-35H. The maximum Gasteiger partial charge on any atom is 0.170 e. The second-order valence-electron chi connectivity index (χ2n) is 16.3. The molecule has 1 aliphatic carbocycles. The smallest absolute Gasteiger partial charge is 0.170 e. The molecule has 13 rings (SSSR count). The Labute approximate surface area is 368 Å². The maximum absolute atomic E-state index is 6.50. The van der Waals surface area contributed by atoms with E-state index < -0.39 is 5.41 Å². The lowest BCUT2D eigenvalue weighted by atomic mass is 9.67. The number of furan rings is 1. The number of para-hydroxylation sites is 4. The molecule has 0 spiro atoms. The van der Waals surface area contributed by atoms with E-state index in [9.17, 15) is 0 Å². The van der Waals surface area contributed by atoms with Gasteiger partial charge in [-0.3, -0.25) is 0 Å². The predicted molar refractivity (Wildman–Crippen MR) is 253 cm³/mol. The summed E-state index contributed by atoms with van der Waals surface area (Å²) in [6, 6.07) is 73.5. The molecule has 2 aliphatic rings. The van der Waals surface area contributed by atoms with Crippen LogP contribution in [0.3, 0.4) is 0 Å². The predicted octanol–water partition coefficient (Wildman–Crippen LogP) is 14.7. The summed E-state index contributed by atoms with van der Waals surface area (Å²) in [6.45, 7) is 0. The van der Waals surface area contributed by atoms with Gasteiger partial charge < -0.3 is 13.9 Å². The van der Waals surface area contributed by atoms with Crippen LogP contribution >= 0.6 is 0 Å². The van der Waals surface area contributed by atoms with Crippen molar-refractivity contribution in [3.8, 4) is 79.4 Å². The Morgan fingerprint density at radius 2 is 0.828 bits per heavy atom. The van der Waals surface area contributed by atoms with Gasteiger partial charge in [-0.05, 0) is 80.9 Å². The van der Waals surface area contributed by atoms with Crippen LogP contribution in [0.4, 0.5) is 0 Å². The molecular formula is C58H35N3O3. The van der Waals surface area contributed by atoms with Gasteiger partial charge in [0.1, 0.15) is 11.2 Å². The van der Waals surface area contributed by atoms with Crippen molar-refractivity contribution in [2.24, 2.45) is 0 Å². The first-order chi connectivity index (χ1) is 31.7. The van der Waals surface area contributed by atoms with Gasteiger partial charge in [-0.25, -0.2) is 15.0 Å². The van der Waals surface area contributed by atoms with Crippen molar-refractivity contribution in [3.05, 3.63) is 235 Å². The van der Waals surface area contributed by atoms with Crippen molar-refractivity contribution in [2.45, 2.75) is 5.41 Å². The number of fused-ring (bicyclic) bond motifs is 8. The molecule has 2 aromatic heterocycles. The first kappa shape index (κ1) is 36.1. The highest BCUT2D eigenvalue weighted by Gasteiger charge is 2.46. The minimum atomic E-state index is -0.607. The number of aromatic nitrogens is 3. The van der Waals surface area contributed by atoms with Crippen LogP contribution in [0.25, 0.3) is 78.4 Å². The van der Waals surface area contributed by atoms with E-state index in [-0.39, 0.29) is 0 Å². The third-order valence-electron chi connectivity index (χ3n) is 12.7. The molecule has 6 nitrogen and oxygen atoms in total. The Bertz CT molecular complexity index is 3570. The minimum Gasteiger partial charge on any atom is -0.455 e. The molecule has 0 saturated carbocycles. The van der Waals surface area contributed by atoms with Crippen LogP contribution in [0.2, 0.25) is 0 Å².